The van der Waals surface area contributed by atoms with Crippen molar-refractivity contribution in [1.29, 1.82) is 0 Å². The highest BCUT2D eigenvalue weighted by Gasteiger charge is 2.41. The second-order valence-corrected chi connectivity index (χ2v) is 6.19. The summed E-state index contributed by atoms with van der Waals surface area (Å²) in [5.74, 6) is 0. The van der Waals surface area contributed by atoms with Gasteiger partial charge >= 0.3 is 0 Å². The molecule has 5 nitrogen and oxygen atoms in total. The lowest BCUT2D eigenvalue weighted by Gasteiger charge is -2.48. The van der Waals surface area contributed by atoms with Gasteiger partial charge in [-0.25, -0.2) is 0 Å². The van der Waals surface area contributed by atoms with E-state index >= 15 is 0 Å². The minimum atomic E-state index is -0.381. The Morgan fingerprint density at radius 3 is 2.90 bits per heavy atom. The molecule has 6 heteroatoms. The first-order valence-electron chi connectivity index (χ1n) is 7.04. The summed E-state index contributed by atoms with van der Waals surface area (Å²) in [7, 11) is 0. The maximum absolute atomic E-state index is 11.1. The van der Waals surface area contributed by atoms with E-state index in [9.17, 15) is 10.1 Å². The minimum absolute atomic E-state index is 0.0543. The molecule has 20 heavy (non-hydrogen) atoms. The van der Waals surface area contributed by atoms with Crippen LogP contribution in [0.25, 0.3) is 0 Å². The summed E-state index contributed by atoms with van der Waals surface area (Å²) >= 11 is 6.13. The fourth-order valence-corrected chi connectivity index (χ4v) is 3.50. The van der Waals surface area contributed by atoms with Crippen molar-refractivity contribution < 1.29 is 4.92 Å². The lowest BCUT2D eigenvalue weighted by Crippen LogP contribution is -2.58. The fraction of sp³-hybridized carbons (Fsp3) is 0.571. The number of hydrogen-bond donors (Lipinski definition) is 2. The van der Waals surface area contributed by atoms with Gasteiger partial charge in [0.2, 0.25) is 0 Å². The van der Waals surface area contributed by atoms with E-state index in [4.69, 9.17) is 11.6 Å². The number of nitro groups is 1. The Bertz CT molecular complexity index is 531. The predicted octanol–water partition coefficient (Wildman–Crippen LogP) is 3.33. The summed E-state index contributed by atoms with van der Waals surface area (Å²) in [4.78, 5) is 10.7. The van der Waals surface area contributed by atoms with Gasteiger partial charge in [0.25, 0.3) is 5.69 Å². The minimum Gasteiger partial charge on any atom is -0.375 e. The number of para-hydroxylation sites is 1. The number of halogens is 1. The molecule has 1 heterocycles. The topological polar surface area (TPSA) is 67.2 Å². The highest BCUT2D eigenvalue weighted by atomic mass is 35.5. The summed E-state index contributed by atoms with van der Waals surface area (Å²) in [6.07, 6.45) is 5.65. The number of benzene rings is 1. The van der Waals surface area contributed by atoms with E-state index < -0.39 is 0 Å². The molecule has 0 aromatic heterocycles. The van der Waals surface area contributed by atoms with Crippen LogP contribution in [0.4, 0.5) is 11.4 Å². The summed E-state index contributed by atoms with van der Waals surface area (Å²) in [5, 5.41) is 18.4. The molecule has 1 atom stereocenters. The molecule has 1 aromatic carbocycles. The number of nitrogens with zero attached hydrogens (tertiary/aromatic N) is 1. The van der Waals surface area contributed by atoms with Gasteiger partial charge in [-0.05, 0) is 44.7 Å². The SMILES string of the molecule is O=[N+]([O-])c1cccc(Cl)c1NC1CCNC2(CCC2)C1. The van der Waals surface area contributed by atoms with Gasteiger partial charge in [-0.1, -0.05) is 17.7 Å². The number of nitrogens with one attached hydrogen (secondary N) is 2. The van der Waals surface area contributed by atoms with Crippen molar-refractivity contribution >= 4 is 23.0 Å². The van der Waals surface area contributed by atoms with E-state index in [1.807, 2.05) is 0 Å². The largest absolute Gasteiger partial charge is 0.375 e. The highest BCUT2D eigenvalue weighted by Crippen LogP contribution is 2.40. The summed E-state index contributed by atoms with van der Waals surface area (Å²) in [6.45, 7) is 0.954. The van der Waals surface area contributed by atoms with Crippen LogP contribution < -0.4 is 10.6 Å². The third-order valence-electron chi connectivity index (χ3n) is 4.48. The van der Waals surface area contributed by atoms with Gasteiger partial charge in [0.1, 0.15) is 5.69 Å². The summed E-state index contributed by atoms with van der Waals surface area (Å²) in [6, 6.07) is 5.04. The lowest BCUT2D eigenvalue weighted by molar-refractivity contribution is -0.384. The molecule has 1 aliphatic heterocycles. The Hall–Kier alpha value is -1.33. The van der Waals surface area contributed by atoms with Gasteiger partial charge in [0.15, 0.2) is 0 Å². The van der Waals surface area contributed by atoms with Crippen LogP contribution in [-0.4, -0.2) is 23.0 Å². The van der Waals surface area contributed by atoms with E-state index in [1.165, 1.54) is 25.3 Å². The second kappa shape index (κ2) is 5.22. The smallest absolute Gasteiger partial charge is 0.293 e. The Labute approximate surface area is 122 Å². The molecule has 2 fully saturated rings. The molecule has 1 aliphatic carbocycles. The van der Waals surface area contributed by atoms with Crippen LogP contribution in [0.1, 0.15) is 32.1 Å². The first-order chi connectivity index (χ1) is 9.60. The predicted molar refractivity (Wildman–Crippen MR) is 79.3 cm³/mol. The molecule has 1 spiro atoms. The molecular formula is C14H18ClN3O2. The monoisotopic (exact) mass is 295 g/mol. The molecule has 1 saturated heterocycles. The van der Waals surface area contributed by atoms with E-state index in [0.29, 0.717) is 10.7 Å². The van der Waals surface area contributed by atoms with E-state index in [2.05, 4.69) is 10.6 Å². The van der Waals surface area contributed by atoms with Crippen LogP contribution in [0.15, 0.2) is 18.2 Å². The third kappa shape index (κ3) is 2.47. The van der Waals surface area contributed by atoms with Crippen molar-refractivity contribution in [3.05, 3.63) is 33.3 Å². The van der Waals surface area contributed by atoms with Gasteiger partial charge in [0, 0.05) is 17.6 Å². The van der Waals surface area contributed by atoms with Crippen molar-refractivity contribution in [2.75, 3.05) is 11.9 Å². The number of anilines is 1. The first kappa shape index (κ1) is 13.6. The maximum atomic E-state index is 11.1. The van der Waals surface area contributed by atoms with E-state index in [0.717, 1.165) is 19.4 Å². The Morgan fingerprint density at radius 1 is 1.45 bits per heavy atom. The third-order valence-corrected chi connectivity index (χ3v) is 4.79. The Kier molecular flexibility index (Phi) is 3.56. The van der Waals surface area contributed by atoms with Gasteiger partial charge in [-0.3, -0.25) is 10.1 Å². The molecule has 108 valence electrons. The molecule has 0 bridgehead atoms. The number of nitro benzene ring substituents is 1. The zero-order chi connectivity index (χ0) is 14.2. The normalized spacial score (nSPS) is 24.1. The number of piperidine rings is 1. The fourth-order valence-electron chi connectivity index (χ4n) is 3.28. The molecule has 0 amide bonds. The van der Waals surface area contributed by atoms with Crippen LogP contribution in [0, 0.1) is 10.1 Å². The summed E-state index contributed by atoms with van der Waals surface area (Å²) in [5.41, 5.74) is 0.769. The average Bonchev–Trinajstić information content (AvgIpc) is 2.39. The molecule has 2 N–H and O–H groups in total. The molecule has 3 rings (SSSR count). The van der Waals surface area contributed by atoms with Crippen LogP contribution in [0.3, 0.4) is 0 Å². The molecule has 2 aliphatic rings. The van der Waals surface area contributed by atoms with Crippen molar-refractivity contribution in [2.24, 2.45) is 0 Å². The highest BCUT2D eigenvalue weighted by molar-refractivity contribution is 6.33. The second-order valence-electron chi connectivity index (χ2n) is 5.79. The van der Waals surface area contributed by atoms with Crippen molar-refractivity contribution in [2.45, 2.75) is 43.7 Å². The number of hydrogen-bond acceptors (Lipinski definition) is 4. The van der Waals surface area contributed by atoms with E-state index in [-0.39, 0.29) is 22.2 Å². The average molecular weight is 296 g/mol. The van der Waals surface area contributed by atoms with Crippen molar-refractivity contribution in [1.82, 2.24) is 5.32 Å². The number of rotatable bonds is 3. The van der Waals surface area contributed by atoms with Crippen LogP contribution in [0.5, 0.6) is 0 Å². The zero-order valence-corrected chi connectivity index (χ0v) is 11.9. The molecular weight excluding hydrogens is 278 g/mol. The van der Waals surface area contributed by atoms with Gasteiger partial charge in [-0.15, -0.1) is 0 Å². The lowest BCUT2D eigenvalue weighted by atomic mass is 9.70. The van der Waals surface area contributed by atoms with Crippen molar-refractivity contribution in [3.63, 3.8) is 0 Å². The van der Waals surface area contributed by atoms with Crippen LogP contribution in [-0.2, 0) is 0 Å². The van der Waals surface area contributed by atoms with Gasteiger partial charge in [0.05, 0.1) is 9.95 Å². The van der Waals surface area contributed by atoms with Crippen molar-refractivity contribution in [3.8, 4) is 0 Å². The van der Waals surface area contributed by atoms with E-state index in [1.54, 1.807) is 12.1 Å². The summed E-state index contributed by atoms with van der Waals surface area (Å²) < 4.78 is 0. The molecule has 1 unspecified atom stereocenters. The molecule has 0 radical (unpaired) electrons. The Balaban J connectivity index is 1.79. The quantitative estimate of drug-likeness (QED) is 0.663. The van der Waals surface area contributed by atoms with Crippen LogP contribution in [0.2, 0.25) is 5.02 Å². The molecule has 1 saturated carbocycles. The van der Waals surface area contributed by atoms with Crippen LogP contribution >= 0.6 is 11.6 Å². The van der Waals surface area contributed by atoms with Gasteiger partial charge < -0.3 is 10.6 Å². The Morgan fingerprint density at radius 2 is 2.25 bits per heavy atom. The zero-order valence-electron chi connectivity index (χ0n) is 11.2. The maximum Gasteiger partial charge on any atom is 0.293 e. The molecule has 1 aromatic rings. The standard InChI is InChI=1S/C14H18ClN3O2/c15-11-3-1-4-12(18(19)20)13(11)17-10-5-8-16-14(9-10)6-2-7-14/h1,3-4,10,16-17H,2,5-9H2. The first-order valence-corrected chi connectivity index (χ1v) is 7.42. The van der Waals surface area contributed by atoms with Gasteiger partial charge in [-0.2, -0.15) is 0 Å².